The molecule has 0 spiro atoms. The number of nitrogens with zero attached hydrogens (tertiary/aromatic N) is 1. The van der Waals surface area contributed by atoms with Gasteiger partial charge in [0.05, 0.1) is 6.61 Å². The van der Waals surface area contributed by atoms with E-state index in [1.807, 2.05) is 18.2 Å². The van der Waals surface area contributed by atoms with Crippen molar-refractivity contribution in [3.63, 3.8) is 0 Å². The highest BCUT2D eigenvalue weighted by Gasteiger charge is 2.03. The molecule has 0 aromatic heterocycles. The van der Waals surface area contributed by atoms with E-state index in [-0.39, 0.29) is 0 Å². The van der Waals surface area contributed by atoms with Gasteiger partial charge >= 0.3 is 0 Å². The third-order valence-electron chi connectivity index (χ3n) is 3.12. The molecule has 2 heteroatoms. The molecular weight excluding hydrogens is 246 g/mol. The predicted octanol–water partition coefficient (Wildman–Crippen LogP) is 4.36. The molecule has 0 aliphatic carbocycles. The van der Waals surface area contributed by atoms with Crippen LogP contribution in [-0.2, 0) is 6.54 Å². The Morgan fingerprint density at radius 1 is 0.950 bits per heavy atom. The normalized spacial score (nSPS) is 10.6. The van der Waals surface area contributed by atoms with Crippen LogP contribution in [0.3, 0.4) is 0 Å². The molecule has 0 atom stereocenters. The lowest BCUT2D eigenvalue weighted by atomic mass is 10.2. The molecule has 0 fully saturated rings. The topological polar surface area (TPSA) is 12.5 Å². The van der Waals surface area contributed by atoms with Crippen LogP contribution < -0.4 is 9.64 Å². The summed E-state index contributed by atoms with van der Waals surface area (Å²) in [5, 5.41) is 0. The molecule has 0 aliphatic heterocycles. The Hall–Kier alpha value is -1.96. The van der Waals surface area contributed by atoms with Crippen molar-refractivity contribution in [2.45, 2.75) is 20.4 Å². The summed E-state index contributed by atoms with van der Waals surface area (Å²) in [5.74, 6) is 1.49. The molecule has 0 bridgehead atoms. The summed E-state index contributed by atoms with van der Waals surface area (Å²) < 4.78 is 5.70. The van der Waals surface area contributed by atoms with Gasteiger partial charge in [-0.05, 0) is 35.7 Å². The molecular formula is C18H23NO. The minimum absolute atomic E-state index is 0.551. The first kappa shape index (κ1) is 14.4. The van der Waals surface area contributed by atoms with Gasteiger partial charge in [0.15, 0.2) is 0 Å². The second-order valence-corrected chi connectivity index (χ2v) is 5.54. The lowest BCUT2D eigenvalue weighted by Gasteiger charge is -2.20. The van der Waals surface area contributed by atoms with E-state index in [1.165, 1.54) is 11.3 Å². The molecule has 0 aliphatic rings. The zero-order valence-corrected chi connectivity index (χ0v) is 12.5. The summed E-state index contributed by atoms with van der Waals surface area (Å²) in [7, 11) is 2.11. The minimum atomic E-state index is 0.551. The van der Waals surface area contributed by atoms with Gasteiger partial charge in [-0.15, -0.1) is 0 Å². The summed E-state index contributed by atoms with van der Waals surface area (Å²) in [5.41, 5.74) is 2.51. The molecule has 0 heterocycles. The van der Waals surface area contributed by atoms with E-state index in [0.29, 0.717) is 5.92 Å². The third-order valence-corrected chi connectivity index (χ3v) is 3.12. The van der Waals surface area contributed by atoms with Crippen LogP contribution in [0.15, 0.2) is 54.6 Å². The maximum absolute atomic E-state index is 5.70. The van der Waals surface area contributed by atoms with E-state index in [0.717, 1.165) is 18.9 Å². The largest absolute Gasteiger partial charge is 0.493 e. The summed E-state index contributed by atoms with van der Waals surface area (Å²) in [6.45, 7) is 5.98. The van der Waals surface area contributed by atoms with Gasteiger partial charge in [-0.3, -0.25) is 0 Å². The molecule has 2 aromatic carbocycles. The van der Waals surface area contributed by atoms with Gasteiger partial charge in [-0.1, -0.05) is 44.2 Å². The van der Waals surface area contributed by atoms with Crippen LogP contribution in [0.25, 0.3) is 0 Å². The second kappa shape index (κ2) is 6.99. The van der Waals surface area contributed by atoms with Crippen LogP contribution in [-0.4, -0.2) is 13.7 Å². The average molecular weight is 269 g/mol. The lowest BCUT2D eigenvalue weighted by molar-refractivity contribution is 0.271. The molecule has 2 rings (SSSR count). The van der Waals surface area contributed by atoms with Crippen LogP contribution in [0.1, 0.15) is 19.4 Å². The molecule has 0 amide bonds. The first-order valence-electron chi connectivity index (χ1n) is 7.13. The maximum atomic E-state index is 5.70. The highest BCUT2D eigenvalue weighted by atomic mass is 16.5. The van der Waals surface area contributed by atoms with E-state index >= 15 is 0 Å². The SMILES string of the molecule is CC(C)COc1ccc(N(C)Cc2ccccc2)cc1. The van der Waals surface area contributed by atoms with Crippen molar-refractivity contribution >= 4 is 5.69 Å². The monoisotopic (exact) mass is 269 g/mol. The summed E-state index contributed by atoms with van der Waals surface area (Å²) in [4.78, 5) is 2.24. The van der Waals surface area contributed by atoms with Crippen molar-refractivity contribution in [3.8, 4) is 5.75 Å². The molecule has 106 valence electrons. The Bertz CT molecular complexity index is 505. The zero-order chi connectivity index (χ0) is 14.4. The van der Waals surface area contributed by atoms with E-state index in [4.69, 9.17) is 4.74 Å². The quantitative estimate of drug-likeness (QED) is 0.772. The van der Waals surface area contributed by atoms with Crippen LogP contribution in [0, 0.1) is 5.92 Å². The van der Waals surface area contributed by atoms with E-state index in [2.05, 4.69) is 62.2 Å². The van der Waals surface area contributed by atoms with Gasteiger partial charge in [0, 0.05) is 19.3 Å². The fourth-order valence-electron chi connectivity index (χ4n) is 2.01. The molecule has 0 saturated heterocycles. The summed E-state index contributed by atoms with van der Waals surface area (Å²) in [6.07, 6.45) is 0. The molecule has 2 nitrogen and oxygen atoms in total. The highest BCUT2D eigenvalue weighted by molar-refractivity contribution is 5.48. The first-order valence-corrected chi connectivity index (χ1v) is 7.13. The molecule has 0 N–H and O–H groups in total. The zero-order valence-electron chi connectivity index (χ0n) is 12.5. The van der Waals surface area contributed by atoms with Gasteiger partial charge in [0.2, 0.25) is 0 Å². The Balaban J connectivity index is 1.95. The summed E-state index contributed by atoms with van der Waals surface area (Å²) >= 11 is 0. The van der Waals surface area contributed by atoms with Crippen molar-refractivity contribution in [1.29, 1.82) is 0 Å². The number of anilines is 1. The third kappa shape index (κ3) is 4.30. The van der Waals surface area contributed by atoms with E-state index in [9.17, 15) is 0 Å². The Labute approximate surface area is 122 Å². The van der Waals surface area contributed by atoms with Crippen LogP contribution in [0.5, 0.6) is 5.75 Å². The van der Waals surface area contributed by atoms with Gasteiger partial charge < -0.3 is 9.64 Å². The Morgan fingerprint density at radius 3 is 2.20 bits per heavy atom. The number of hydrogen-bond donors (Lipinski definition) is 0. The van der Waals surface area contributed by atoms with Gasteiger partial charge in [-0.2, -0.15) is 0 Å². The fourth-order valence-corrected chi connectivity index (χ4v) is 2.01. The van der Waals surface area contributed by atoms with Crippen LogP contribution in [0.2, 0.25) is 0 Å². The van der Waals surface area contributed by atoms with Crippen molar-refractivity contribution in [2.75, 3.05) is 18.6 Å². The minimum Gasteiger partial charge on any atom is -0.493 e. The van der Waals surface area contributed by atoms with Crippen LogP contribution >= 0.6 is 0 Å². The van der Waals surface area contributed by atoms with Crippen LogP contribution in [0.4, 0.5) is 5.69 Å². The predicted molar refractivity (Wildman–Crippen MR) is 85.3 cm³/mol. The lowest BCUT2D eigenvalue weighted by Crippen LogP contribution is -2.16. The van der Waals surface area contributed by atoms with Crippen molar-refractivity contribution in [2.24, 2.45) is 5.92 Å². The van der Waals surface area contributed by atoms with Gasteiger partial charge in [0.1, 0.15) is 5.75 Å². The average Bonchev–Trinajstić information content (AvgIpc) is 2.46. The fraction of sp³-hybridized carbons (Fsp3) is 0.333. The number of ether oxygens (including phenoxy) is 1. The Kier molecular flexibility index (Phi) is 5.05. The van der Waals surface area contributed by atoms with Crippen molar-refractivity contribution in [1.82, 2.24) is 0 Å². The number of benzene rings is 2. The second-order valence-electron chi connectivity index (χ2n) is 5.54. The maximum Gasteiger partial charge on any atom is 0.119 e. The van der Waals surface area contributed by atoms with E-state index < -0.39 is 0 Å². The van der Waals surface area contributed by atoms with Crippen molar-refractivity contribution < 1.29 is 4.74 Å². The standard InChI is InChI=1S/C18H23NO/c1-15(2)14-20-18-11-9-17(10-12-18)19(3)13-16-7-5-4-6-8-16/h4-12,15H,13-14H2,1-3H3. The molecule has 0 radical (unpaired) electrons. The molecule has 20 heavy (non-hydrogen) atoms. The smallest absolute Gasteiger partial charge is 0.119 e. The van der Waals surface area contributed by atoms with Gasteiger partial charge in [-0.25, -0.2) is 0 Å². The van der Waals surface area contributed by atoms with Crippen molar-refractivity contribution in [3.05, 3.63) is 60.2 Å². The number of rotatable bonds is 6. The number of hydrogen-bond acceptors (Lipinski definition) is 2. The highest BCUT2D eigenvalue weighted by Crippen LogP contribution is 2.20. The summed E-state index contributed by atoms with van der Waals surface area (Å²) in [6, 6.07) is 18.8. The molecule has 2 aromatic rings. The van der Waals surface area contributed by atoms with E-state index in [1.54, 1.807) is 0 Å². The first-order chi connectivity index (χ1) is 9.65. The Morgan fingerprint density at radius 2 is 1.60 bits per heavy atom. The molecule has 0 unspecified atom stereocenters. The van der Waals surface area contributed by atoms with Gasteiger partial charge in [0.25, 0.3) is 0 Å². The molecule has 0 saturated carbocycles.